The number of carbonyl (C=O) groups excluding carboxylic acids is 1. The Bertz CT molecular complexity index is 764. The van der Waals surface area contributed by atoms with E-state index in [1.807, 2.05) is 12.1 Å². The van der Waals surface area contributed by atoms with Gasteiger partial charge in [0.2, 0.25) is 11.8 Å². The highest BCUT2D eigenvalue weighted by Gasteiger charge is 2.07. The Morgan fingerprint density at radius 1 is 1.39 bits per heavy atom. The average Bonchev–Trinajstić information content (AvgIpc) is 3.20. The molecule has 3 heterocycles. The highest BCUT2D eigenvalue weighted by atomic mass is 16.5. The van der Waals surface area contributed by atoms with Gasteiger partial charge in [-0.15, -0.1) is 0 Å². The summed E-state index contributed by atoms with van der Waals surface area (Å²) in [6.07, 6.45) is 8.39. The van der Waals surface area contributed by atoms with Crippen LogP contribution in [0.5, 0.6) is 0 Å². The number of nitrogens with zero attached hydrogens (tertiary/aromatic N) is 5. The molecule has 3 aromatic rings. The van der Waals surface area contributed by atoms with Gasteiger partial charge in [-0.2, -0.15) is 4.98 Å². The fourth-order valence-corrected chi connectivity index (χ4v) is 2.07. The van der Waals surface area contributed by atoms with Crippen LogP contribution < -0.4 is 5.32 Å². The van der Waals surface area contributed by atoms with Gasteiger partial charge in [0, 0.05) is 25.2 Å². The van der Waals surface area contributed by atoms with E-state index in [0.29, 0.717) is 36.7 Å². The Kier molecular flexibility index (Phi) is 4.41. The van der Waals surface area contributed by atoms with E-state index >= 15 is 0 Å². The van der Waals surface area contributed by atoms with Crippen LogP contribution in [-0.2, 0) is 11.2 Å². The topological polar surface area (TPSA) is 98.7 Å². The van der Waals surface area contributed by atoms with Crippen LogP contribution in [0.25, 0.3) is 5.82 Å². The maximum absolute atomic E-state index is 11.9. The van der Waals surface area contributed by atoms with Crippen molar-refractivity contribution in [2.75, 3.05) is 5.32 Å². The van der Waals surface area contributed by atoms with Crippen molar-refractivity contribution in [3.05, 3.63) is 48.8 Å². The van der Waals surface area contributed by atoms with Crippen molar-refractivity contribution >= 4 is 11.6 Å². The molecule has 0 atom stereocenters. The first-order valence-electron chi connectivity index (χ1n) is 7.24. The maximum atomic E-state index is 11.9. The summed E-state index contributed by atoms with van der Waals surface area (Å²) in [5.41, 5.74) is 0.660. The van der Waals surface area contributed by atoms with E-state index < -0.39 is 0 Å². The lowest BCUT2D eigenvalue weighted by atomic mass is 10.2. The van der Waals surface area contributed by atoms with E-state index in [1.165, 1.54) is 0 Å². The molecular weight excluding hydrogens is 296 g/mol. The van der Waals surface area contributed by atoms with Crippen LogP contribution in [0.1, 0.15) is 24.6 Å². The third-order valence-corrected chi connectivity index (χ3v) is 3.16. The smallest absolute Gasteiger partial charge is 0.226 e. The Balaban J connectivity index is 1.48. The van der Waals surface area contributed by atoms with Crippen molar-refractivity contribution in [2.24, 2.45) is 0 Å². The Morgan fingerprint density at radius 3 is 2.96 bits per heavy atom. The SMILES string of the molecule is Cc1noc(CCCC(=O)Nc2ccc(-n3ccnc3)nc2)n1. The fourth-order valence-electron chi connectivity index (χ4n) is 2.07. The van der Waals surface area contributed by atoms with Gasteiger partial charge in [0.25, 0.3) is 0 Å². The third-order valence-electron chi connectivity index (χ3n) is 3.16. The van der Waals surface area contributed by atoms with E-state index in [2.05, 4.69) is 25.4 Å². The summed E-state index contributed by atoms with van der Waals surface area (Å²) in [7, 11) is 0. The van der Waals surface area contributed by atoms with Crippen molar-refractivity contribution in [2.45, 2.75) is 26.2 Å². The van der Waals surface area contributed by atoms with Gasteiger partial charge >= 0.3 is 0 Å². The van der Waals surface area contributed by atoms with Gasteiger partial charge in [-0.3, -0.25) is 9.36 Å². The van der Waals surface area contributed by atoms with Crippen LogP contribution in [0, 0.1) is 6.92 Å². The lowest BCUT2D eigenvalue weighted by molar-refractivity contribution is -0.116. The predicted octanol–water partition coefficient (Wildman–Crippen LogP) is 1.92. The quantitative estimate of drug-likeness (QED) is 0.746. The van der Waals surface area contributed by atoms with Gasteiger partial charge in [-0.1, -0.05) is 5.16 Å². The number of anilines is 1. The molecule has 0 bridgehead atoms. The molecule has 0 aliphatic heterocycles. The zero-order valence-electron chi connectivity index (χ0n) is 12.6. The zero-order valence-corrected chi connectivity index (χ0v) is 12.6. The molecule has 8 heteroatoms. The molecule has 0 aliphatic rings. The second-order valence-corrected chi connectivity index (χ2v) is 5.01. The second-order valence-electron chi connectivity index (χ2n) is 5.01. The molecule has 0 radical (unpaired) electrons. The van der Waals surface area contributed by atoms with Crippen LogP contribution in [0.2, 0.25) is 0 Å². The molecule has 23 heavy (non-hydrogen) atoms. The van der Waals surface area contributed by atoms with Gasteiger partial charge in [0.1, 0.15) is 12.1 Å². The van der Waals surface area contributed by atoms with Crippen molar-refractivity contribution in [3.63, 3.8) is 0 Å². The monoisotopic (exact) mass is 312 g/mol. The first-order chi connectivity index (χ1) is 11.2. The van der Waals surface area contributed by atoms with Gasteiger partial charge < -0.3 is 9.84 Å². The summed E-state index contributed by atoms with van der Waals surface area (Å²) in [6, 6.07) is 3.63. The zero-order chi connectivity index (χ0) is 16.1. The summed E-state index contributed by atoms with van der Waals surface area (Å²) in [5.74, 6) is 1.83. The lowest BCUT2D eigenvalue weighted by Gasteiger charge is -2.06. The molecular formula is C15H16N6O2. The molecule has 118 valence electrons. The summed E-state index contributed by atoms with van der Waals surface area (Å²) < 4.78 is 6.79. The molecule has 0 saturated heterocycles. The highest BCUT2D eigenvalue weighted by molar-refractivity contribution is 5.90. The van der Waals surface area contributed by atoms with Crippen molar-refractivity contribution in [1.29, 1.82) is 0 Å². The van der Waals surface area contributed by atoms with E-state index in [4.69, 9.17) is 4.52 Å². The number of aromatic nitrogens is 5. The maximum Gasteiger partial charge on any atom is 0.226 e. The van der Waals surface area contributed by atoms with Gasteiger partial charge in [-0.25, -0.2) is 9.97 Å². The van der Waals surface area contributed by atoms with Crippen molar-refractivity contribution < 1.29 is 9.32 Å². The lowest BCUT2D eigenvalue weighted by Crippen LogP contribution is -2.12. The number of aryl methyl sites for hydroxylation is 2. The number of amides is 1. The van der Waals surface area contributed by atoms with Gasteiger partial charge in [0.15, 0.2) is 5.82 Å². The number of nitrogens with one attached hydrogen (secondary N) is 1. The summed E-state index contributed by atoms with van der Waals surface area (Å²) in [5, 5.41) is 6.52. The molecule has 0 aromatic carbocycles. The highest BCUT2D eigenvalue weighted by Crippen LogP contribution is 2.10. The number of rotatable bonds is 6. The second kappa shape index (κ2) is 6.82. The van der Waals surface area contributed by atoms with E-state index in [9.17, 15) is 4.79 Å². The van der Waals surface area contributed by atoms with Crippen LogP contribution in [0.3, 0.4) is 0 Å². The van der Waals surface area contributed by atoms with Crippen molar-refractivity contribution in [1.82, 2.24) is 24.7 Å². The molecule has 0 unspecified atom stereocenters. The molecule has 3 rings (SSSR count). The Hall–Kier alpha value is -3.03. The first-order valence-corrected chi connectivity index (χ1v) is 7.24. The molecule has 0 aliphatic carbocycles. The number of pyridine rings is 1. The predicted molar refractivity (Wildman–Crippen MR) is 82.0 cm³/mol. The molecule has 0 fully saturated rings. The summed E-state index contributed by atoms with van der Waals surface area (Å²) in [6.45, 7) is 1.76. The van der Waals surface area contributed by atoms with Crippen LogP contribution >= 0.6 is 0 Å². The molecule has 0 spiro atoms. The molecule has 3 aromatic heterocycles. The Morgan fingerprint density at radius 2 is 2.30 bits per heavy atom. The summed E-state index contributed by atoms with van der Waals surface area (Å²) >= 11 is 0. The minimum absolute atomic E-state index is 0.0709. The molecule has 8 nitrogen and oxygen atoms in total. The number of hydrogen-bond acceptors (Lipinski definition) is 6. The van der Waals surface area contributed by atoms with E-state index in [0.717, 1.165) is 5.82 Å². The van der Waals surface area contributed by atoms with E-state index in [-0.39, 0.29) is 5.91 Å². The Labute approximate surface area is 132 Å². The number of imidazole rings is 1. The minimum atomic E-state index is -0.0709. The van der Waals surface area contributed by atoms with Gasteiger partial charge in [-0.05, 0) is 25.5 Å². The molecule has 1 amide bonds. The number of carbonyl (C=O) groups is 1. The first kappa shape index (κ1) is 14.9. The molecule has 0 saturated carbocycles. The van der Waals surface area contributed by atoms with E-state index in [1.54, 1.807) is 36.4 Å². The normalized spacial score (nSPS) is 10.7. The number of hydrogen-bond donors (Lipinski definition) is 1. The van der Waals surface area contributed by atoms with Crippen LogP contribution in [0.15, 0.2) is 41.6 Å². The molecule has 1 N–H and O–H groups in total. The standard InChI is InChI=1S/C15H16N6O2/c1-11-18-15(23-20-11)4-2-3-14(22)19-12-5-6-13(17-9-12)21-8-7-16-10-21/h5-10H,2-4H2,1H3,(H,19,22). The third kappa shape index (κ3) is 4.00. The largest absolute Gasteiger partial charge is 0.339 e. The van der Waals surface area contributed by atoms with Crippen molar-refractivity contribution in [3.8, 4) is 5.82 Å². The van der Waals surface area contributed by atoms with Crippen LogP contribution in [0.4, 0.5) is 5.69 Å². The minimum Gasteiger partial charge on any atom is -0.339 e. The van der Waals surface area contributed by atoms with Gasteiger partial charge in [0.05, 0.1) is 11.9 Å². The summed E-state index contributed by atoms with van der Waals surface area (Å²) in [4.78, 5) is 24.2. The average molecular weight is 312 g/mol. The fraction of sp³-hybridized carbons (Fsp3) is 0.267. The van der Waals surface area contributed by atoms with Crippen LogP contribution in [-0.4, -0.2) is 30.6 Å².